The maximum atomic E-state index is 12.4. The van der Waals surface area contributed by atoms with E-state index in [0.29, 0.717) is 18.4 Å². The Morgan fingerprint density at radius 2 is 2.25 bits per heavy atom. The van der Waals surface area contributed by atoms with E-state index in [1.807, 2.05) is 6.92 Å². The van der Waals surface area contributed by atoms with Crippen LogP contribution in [0.1, 0.15) is 43.8 Å². The summed E-state index contributed by atoms with van der Waals surface area (Å²) in [6.45, 7) is 6.93. The zero-order valence-corrected chi connectivity index (χ0v) is 13.4. The van der Waals surface area contributed by atoms with Crippen LogP contribution in [0.5, 0.6) is 0 Å². The summed E-state index contributed by atoms with van der Waals surface area (Å²) < 4.78 is 0. The molecule has 1 aliphatic carbocycles. The van der Waals surface area contributed by atoms with Crippen molar-refractivity contribution in [1.82, 2.24) is 4.98 Å². The molecule has 112 valence electrons. The fraction of sp³-hybridized carbons (Fsp3) is 0.733. The van der Waals surface area contributed by atoms with Gasteiger partial charge < -0.3 is 11.1 Å². The predicted octanol–water partition coefficient (Wildman–Crippen LogP) is 2.96. The molecule has 0 radical (unpaired) electrons. The molecule has 2 rings (SSSR count). The quantitative estimate of drug-likeness (QED) is 0.877. The summed E-state index contributed by atoms with van der Waals surface area (Å²) in [4.78, 5) is 17.0. The number of carbonyl (C=O) groups is 1. The van der Waals surface area contributed by atoms with Gasteiger partial charge in [0.05, 0.1) is 10.7 Å². The van der Waals surface area contributed by atoms with Crippen molar-refractivity contribution in [3.8, 4) is 0 Å². The van der Waals surface area contributed by atoms with Crippen LogP contribution in [0.4, 0.5) is 5.00 Å². The number of thiazole rings is 1. The van der Waals surface area contributed by atoms with Gasteiger partial charge in [-0.2, -0.15) is 0 Å². The number of aryl methyl sites for hydroxylation is 1. The van der Waals surface area contributed by atoms with Crippen molar-refractivity contribution in [2.24, 2.45) is 23.5 Å². The zero-order chi connectivity index (χ0) is 14.7. The van der Waals surface area contributed by atoms with E-state index in [2.05, 4.69) is 24.1 Å². The van der Waals surface area contributed by atoms with E-state index in [1.54, 1.807) is 11.3 Å². The van der Waals surface area contributed by atoms with Crippen molar-refractivity contribution in [1.29, 1.82) is 0 Å². The van der Waals surface area contributed by atoms with Crippen molar-refractivity contribution in [2.45, 2.75) is 46.5 Å². The number of hydrogen-bond acceptors (Lipinski definition) is 4. The van der Waals surface area contributed by atoms with Gasteiger partial charge in [0.2, 0.25) is 5.91 Å². The molecule has 1 fully saturated rings. The molecule has 0 aliphatic heterocycles. The van der Waals surface area contributed by atoms with Gasteiger partial charge >= 0.3 is 0 Å². The summed E-state index contributed by atoms with van der Waals surface area (Å²) in [5, 5.41) is 5.05. The summed E-state index contributed by atoms with van der Waals surface area (Å²) in [7, 11) is 0. The molecule has 1 saturated carbocycles. The first-order valence-electron chi connectivity index (χ1n) is 7.48. The third kappa shape index (κ3) is 3.58. The van der Waals surface area contributed by atoms with Crippen molar-refractivity contribution in [3.63, 3.8) is 0 Å². The van der Waals surface area contributed by atoms with Crippen LogP contribution in [0.2, 0.25) is 0 Å². The average Bonchev–Trinajstić information content (AvgIpc) is 2.95. The molecule has 20 heavy (non-hydrogen) atoms. The number of aromatic nitrogens is 1. The Morgan fingerprint density at radius 3 is 2.90 bits per heavy atom. The van der Waals surface area contributed by atoms with Gasteiger partial charge in [0.15, 0.2) is 0 Å². The molecule has 1 aliphatic rings. The standard InChI is InChI=1S/C15H25N3OS/c1-9(2)7-13-15(20-10(3)17-13)18-14(19)12-6-4-5-11(12)8-16/h9,11-12H,4-8,16H2,1-3H3,(H,18,19)/t11-,12-/m1/s1. The minimum atomic E-state index is 0.0781. The van der Waals surface area contributed by atoms with Crippen molar-refractivity contribution in [2.75, 3.05) is 11.9 Å². The van der Waals surface area contributed by atoms with E-state index in [0.717, 1.165) is 41.4 Å². The van der Waals surface area contributed by atoms with E-state index in [9.17, 15) is 4.79 Å². The predicted molar refractivity (Wildman–Crippen MR) is 83.9 cm³/mol. The van der Waals surface area contributed by atoms with Gasteiger partial charge in [0, 0.05) is 5.92 Å². The molecule has 4 nitrogen and oxygen atoms in total. The molecule has 0 spiro atoms. The highest BCUT2D eigenvalue weighted by Crippen LogP contribution is 2.33. The fourth-order valence-electron chi connectivity index (χ4n) is 2.96. The largest absolute Gasteiger partial charge is 0.330 e. The lowest BCUT2D eigenvalue weighted by Crippen LogP contribution is -2.29. The lowest BCUT2D eigenvalue weighted by Gasteiger charge is -2.17. The summed E-state index contributed by atoms with van der Waals surface area (Å²) >= 11 is 1.58. The molecule has 0 bridgehead atoms. The maximum absolute atomic E-state index is 12.4. The highest BCUT2D eigenvalue weighted by Gasteiger charge is 2.32. The lowest BCUT2D eigenvalue weighted by atomic mass is 9.95. The van der Waals surface area contributed by atoms with Gasteiger partial charge in [-0.1, -0.05) is 20.3 Å². The number of anilines is 1. The van der Waals surface area contributed by atoms with Crippen molar-refractivity contribution < 1.29 is 4.79 Å². The first kappa shape index (κ1) is 15.4. The Hall–Kier alpha value is -0.940. The average molecular weight is 295 g/mol. The van der Waals surface area contributed by atoms with Crippen LogP contribution in [-0.4, -0.2) is 17.4 Å². The molecule has 0 saturated heterocycles. The number of amides is 1. The second-order valence-electron chi connectivity index (χ2n) is 6.13. The number of nitrogens with two attached hydrogens (primary N) is 1. The molecule has 3 N–H and O–H groups in total. The number of nitrogens with one attached hydrogen (secondary N) is 1. The molecular formula is C15H25N3OS. The van der Waals surface area contributed by atoms with Gasteiger partial charge in [-0.15, -0.1) is 11.3 Å². The first-order chi connectivity index (χ1) is 9.51. The molecule has 5 heteroatoms. The fourth-order valence-corrected chi connectivity index (χ4v) is 3.81. The Labute approximate surface area is 125 Å². The second-order valence-corrected chi connectivity index (χ2v) is 7.33. The van der Waals surface area contributed by atoms with E-state index < -0.39 is 0 Å². The summed E-state index contributed by atoms with van der Waals surface area (Å²) in [5.74, 6) is 1.09. The SMILES string of the molecule is Cc1nc(CC(C)C)c(NC(=O)[C@@H]2CCC[C@@H]2CN)s1. The molecule has 1 amide bonds. The minimum absolute atomic E-state index is 0.0781. The molecule has 1 heterocycles. The third-order valence-corrected chi connectivity index (χ3v) is 4.87. The van der Waals surface area contributed by atoms with Crippen molar-refractivity contribution >= 4 is 22.2 Å². The van der Waals surface area contributed by atoms with Crippen LogP contribution in [0.25, 0.3) is 0 Å². The van der Waals surface area contributed by atoms with E-state index >= 15 is 0 Å². The van der Waals surface area contributed by atoms with Crippen LogP contribution in [0.3, 0.4) is 0 Å². The lowest BCUT2D eigenvalue weighted by molar-refractivity contribution is -0.120. The smallest absolute Gasteiger partial charge is 0.228 e. The van der Waals surface area contributed by atoms with E-state index in [1.165, 1.54) is 0 Å². The summed E-state index contributed by atoms with van der Waals surface area (Å²) in [6.07, 6.45) is 4.06. The van der Waals surface area contributed by atoms with Gasteiger partial charge in [0.1, 0.15) is 5.00 Å². The first-order valence-corrected chi connectivity index (χ1v) is 8.30. The molecule has 1 aromatic heterocycles. The summed E-state index contributed by atoms with van der Waals surface area (Å²) in [6, 6.07) is 0. The number of rotatable bonds is 5. The molecule has 2 atom stereocenters. The van der Waals surface area contributed by atoms with Crippen molar-refractivity contribution in [3.05, 3.63) is 10.7 Å². The van der Waals surface area contributed by atoms with Crippen LogP contribution < -0.4 is 11.1 Å². The Morgan fingerprint density at radius 1 is 1.50 bits per heavy atom. The Balaban J connectivity index is 2.07. The van der Waals surface area contributed by atoms with Crippen LogP contribution >= 0.6 is 11.3 Å². The normalized spacial score (nSPS) is 22.4. The monoisotopic (exact) mass is 295 g/mol. The topological polar surface area (TPSA) is 68.0 Å². The van der Waals surface area contributed by atoms with Gasteiger partial charge in [-0.25, -0.2) is 4.98 Å². The Kier molecular flexibility index (Phi) is 5.16. The molecular weight excluding hydrogens is 270 g/mol. The summed E-state index contributed by atoms with van der Waals surface area (Å²) in [5.41, 5.74) is 6.79. The van der Waals surface area contributed by atoms with Crippen LogP contribution in [0, 0.1) is 24.7 Å². The van der Waals surface area contributed by atoms with E-state index in [4.69, 9.17) is 5.73 Å². The third-order valence-electron chi connectivity index (χ3n) is 3.94. The van der Waals surface area contributed by atoms with E-state index in [-0.39, 0.29) is 11.8 Å². The van der Waals surface area contributed by atoms with Crippen LogP contribution in [-0.2, 0) is 11.2 Å². The molecule has 1 aromatic rings. The van der Waals surface area contributed by atoms with Gasteiger partial charge in [-0.05, 0) is 44.6 Å². The minimum Gasteiger partial charge on any atom is -0.330 e. The Bertz CT molecular complexity index is 470. The highest BCUT2D eigenvalue weighted by atomic mass is 32.1. The number of hydrogen-bond donors (Lipinski definition) is 2. The number of carbonyl (C=O) groups excluding carboxylic acids is 1. The van der Waals surface area contributed by atoms with Gasteiger partial charge in [0.25, 0.3) is 0 Å². The second kappa shape index (κ2) is 6.68. The zero-order valence-electron chi connectivity index (χ0n) is 12.6. The highest BCUT2D eigenvalue weighted by molar-refractivity contribution is 7.16. The number of nitrogens with zero attached hydrogens (tertiary/aromatic N) is 1. The molecule has 0 aromatic carbocycles. The molecule has 0 unspecified atom stereocenters. The van der Waals surface area contributed by atoms with Crippen LogP contribution in [0.15, 0.2) is 0 Å². The van der Waals surface area contributed by atoms with Gasteiger partial charge in [-0.3, -0.25) is 4.79 Å². The maximum Gasteiger partial charge on any atom is 0.228 e.